The molecule has 6 heteroatoms. The number of nitrogens with zero attached hydrogens (tertiary/aromatic N) is 1. The molecule has 0 aliphatic rings. The number of hydrogen-bond acceptors (Lipinski definition) is 4. The number of carbonyl (C=O) groups is 1. The number of hydrogen-bond donors (Lipinski definition) is 2. The molecule has 0 amide bonds. The molecule has 2 N–H and O–H groups in total. The van der Waals surface area contributed by atoms with E-state index in [-0.39, 0.29) is 5.97 Å². The Morgan fingerprint density at radius 2 is 1.96 bits per heavy atom. The summed E-state index contributed by atoms with van der Waals surface area (Å²) >= 11 is 1.83. The smallest absolute Gasteiger partial charge is 0.305 e. The van der Waals surface area contributed by atoms with E-state index < -0.39 is 0 Å². The van der Waals surface area contributed by atoms with Crippen LogP contribution in [0.5, 0.6) is 0 Å². The lowest BCUT2D eigenvalue weighted by Gasteiger charge is -2.10. The van der Waals surface area contributed by atoms with Crippen LogP contribution in [-0.2, 0) is 22.5 Å². The summed E-state index contributed by atoms with van der Waals surface area (Å²) in [4.78, 5) is 18.3. The molecular formula is C17H29N3O2S. The number of esters is 1. The van der Waals surface area contributed by atoms with Crippen LogP contribution in [0.15, 0.2) is 17.1 Å². The largest absolute Gasteiger partial charge is 0.469 e. The Hall–Kier alpha value is -1.56. The van der Waals surface area contributed by atoms with E-state index in [1.807, 2.05) is 11.3 Å². The highest BCUT2D eigenvalue weighted by Crippen LogP contribution is 2.17. The summed E-state index contributed by atoms with van der Waals surface area (Å²) in [7, 11) is 1.43. The van der Waals surface area contributed by atoms with Crippen LogP contribution < -0.4 is 10.6 Å². The molecule has 0 aliphatic heterocycles. The van der Waals surface area contributed by atoms with E-state index >= 15 is 0 Å². The predicted octanol–water partition coefficient (Wildman–Crippen LogP) is 3.10. The number of guanidine groups is 1. The van der Waals surface area contributed by atoms with E-state index in [9.17, 15) is 4.79 Å². The van der Waals surface area contributed by atoms with Gasteiger partial charge in [-0.25, -0.2) is 4.99 Å². The first-order valence-electron chi connectivity index (χ1n) is 8.36. The molecule has 0 fully saturated rings. The lowest BCUT2D eigenvalue weighted by atomic mass is 10.2. The van der Waals surface area contributed by atoms with Gasteiger partial charge in [-0.05, 0) is 38.3 Å². The van der Waals surface area contributed by atoms with E-state index in [1.54, 1.807) is 0 Å². The number of nitrogens with one attached hydrogen (secondary N) is 2. The molecule has 0 atom stereocenters. The average molecular weight is 340 g/mol. The van der Waals surface area contributed by atoms with Crippen molar-refractivity contribution >= 4 is 23.3 Å². The fraction of sp³-hybridized carbons (Fsp3) is 0.647. The Labute approximate surface area is 143 Å². The van der Waals surface area contributed by atoms with Crippen LogP contribution in [0.25, 0.3) is 0 Å². The summed E-state index contributed by atoms with van der Waals surface area (Å²) in [5.74, 6) is 0.724. The van der Waals surface area contributed by atoms with Gasteiger partial charge in [0, 0.05) is 29.3 Å². The van der Waals surface area contributed by atoms with Crippen molar-refractivity contribution in [2.24, 2.45) is 4.99 Å². The maximum absolute atomic E-state index is 11.0. The third-order valence-corrected chi connectivity index (χ3v) is 4.60. The van der Waals surface area contributed by atoms with Gasteiger partial charge in [0.05, 0.1) is 13.7 Å². The second kappa shape index (κ2) is 11.9. The third kappa shape index (κ3) is 8.59. The van der Waals surface area contributed by atoms with E-state index in [0.717, 1.165) is 44.7 Å². The number of unbranched alkanes of at least 4 members (excludes halogenated alkanes) is 2. The second-order valence-corrected chi connectivity index (χ2v) is 6.48. The van der Waals surface area contributed by atoms with Crippen LogP contribution >= 0.6 is 11.3 Å². The predicted molar refractivity (Wildman–Crippen MR) is 97.0 cm³/mol. The molecular weight excluding hydrogens is 310 g/mol. The SMILES string of the molecule is CCNC(=NCc1ccc(CC)s1)NCCCCCC(=O)OC. The van der Waals surface area contributed by atoms with Crippen molar-refractivity contribution in [1.82, 2.24) is 10.6 Å². The zero-order chi connectivity index (χ0) is 16.9. The Bertz CT molecular complexity index is 486. The minimum atomic E-state index is -0.129. The monoisotopic (exact) mass is 339 g/mol. The zero-order valence-corrected chi connectivity index (χ0v) is 15.3. The van der Waals surface area contributed by atoms with Crippen LogP contribution in [0.1, 0.15) is 49.3 Å². The third-order valence-electron chi connectivity index (χ3n) is 3.38. The maximum atomic E-state index is 11.0. The second-order valence-electron chi connectivity index (χ2n) is 5.23. The van der Waals surface area contributed by atoms with Gasteiger partial charge in [-0.2, -0.15) is 0 Å². The number of methoxy groups -OCH3 is 1. The quantitative estimate of drug-likeness (QED) is 0.298. The van der Waals surface area contributed by atoms with Gasteiger partial charge >= 0.3 is 5.97 Å². The first kappa shape index (κ1) is 19.5. The van der Waals surface area contributed by atoms with Crippen molar-refractivity contribution in [2.75, 3.05) is 20.2 Å². The summed E-state index contributed by atoms with van der Waals surface area (Å²) in [6.07, 6.45) is 4.48. The highest BCUT2D eigenvalue weighted by molar-refractivity contribution is 7.11. The van der Waals surface area contributed by atoms with Crippen LogP contribution in [0.3, 0.4) is 0 Å². The van der Waals surface area contributed by atoms with Gasteiger partial charge in [0.2, 0.25) is 0 Å². The van der Waals surface area contributed by atoms with Gasteiger partial charge in [-0.3, -0.25) is 4.79 Å². The number of ether oxygens (including phenoxy) is 1. The van der Waals surface area contributed by atoms with Crippen molar-refractivity contribution in [2.45, 2.75) is 52.5 Å². The van der Waals surface area contributed by atoms with Crippen LogP contribution in [0.2, 0.25) is 0 Å². The Kier molecular flexibility index (Phi) is 10.1. The average Bonchev–Trinajstić information content (AvgIpc) is 3.03. The minimum absolute atomic E-state index is 0.129. The molecule has 0 spiro atoms. The molecule has 0 radical (unpaired) electrons. The van der Waals surface area contributed by atoms with Gasteiger partial charge < -0.3 is 15.4 Å². The van der Waals surface area contributed by atoms with Gasteiger partial charge in [0.1, 0.15) is 0 Å². The summed E-state index contributed by atoms with van der Waals surface area (Å²) < 4.78 is 4.63. The fourth-order valence-corrected chi connectivity index (χ4v) is 2.96. The van der Waals surface area contributed by atoms with Gasteiger partial charge in [-0.15, -0.1) is 11.3 Å². The molecule has 0 aliphatic carbocycles. The van der Waals surface area contributed by atoms with E-state index in [4.69, 9.17) is 0 Å². The molecule has 23 heavy (non-hydrogen) atoms. The molecule has 1 rings (SSSR count). The normalized spacial score (nSPS) is 11.3. The summed E-state index contributed by atoms with van der Waals surface area (Å²) in [5, 5.41) is 6.60. The zero-order valence-electron chi connectivity index (χ0n) is 14.5. The number of thiophene rings is 1. The summed E-state index contributed by atoms with van der Waals surface area (Å²) in [6.45, 7) is 6.65. The van der Waals surface area contributed by atoms with E-state index in [2.05, 4.69) is 46.3 Å². The Morgan fingerprint density at radius 3 is 2.61 bits per heavy atom. The maximum Gasteiger partial charge on any atom is 0.305 e. The molecule has 130 valence electrons. The van der Waals surface area contributed by atoms with Crippen LogP contribution in [-0.4, -0.2) is 32.1 Å². The van der Waals surface area contributed by atoms with Crippen LogP contribution in [0, 0.1) is 0 Å². The standard InChI is InChI=1S/C17H29N3O2S/c1-4-14-10-11-15(23-14)13-20-17(18-5-2)19-12-8-6-7-9-16(21)22-3/h10-11H,4-9,12-13H2,1-3H3,(H2,18,19,20). The van der Waals surface area contributed by atoms with Crippen molar-refractivity contribution in [1.29, 1.82) is 0 Å². The molecule has 0 unspecified atom stereocenters. The summed E-state index contributed by atoms with van der Waals surface area (Å²) in [6, 6.07) is 4.33. The first-order valence-corrected chi connectivity index (χ1v) is 9.17. The van der Waals surface area contributed by atoms with Crippen molar-refractivity contribution in [3.8, 4) is 0 Å². The molecule has 5 nitrogen and oxygen atoms in total. The lowest BCUT2D eigenvalue weighted by molar-refractivity contribution is -0.140. The molecule has 1 aromatic rings. The first-order chi connectivity index (χ1) is 11.2. The van der Waals surface area contributed by atoms with E-state index in [0.29, 0.717) is 13.0 Å². The molecule has 0 bridgehead atoms. The fourth-order valence-electron chi connectivity index (χ4n) is 2.08. The highest BCUT2D eigenvalue weighted by atomic mass is 32.1. The van der Waals surface area contributed by atoms with Crippen LogP contribution in [0.4, 0.5) is 0 Å². The topological polar surface area (TPSA) is 62.7 Å². The van der Waals surface area contributed by atoms with Crippen molar-refractivity contribution in [3.05, 3.63) is 21.9 Å². The van der Waals surface area contributed by atoms with Crippen molar-refractivity contribution in [3.63, 3.8) is 0 Å². The highest BCUT2D eigenvalue weighted by Gasteiger charge is 2.01. The van der Waals surface area contributed by atoms with Gasteiger partial charge in [0.15, 0.2) is 5.96 Å². The molecule has 0 saturated heterocycles. The molecule has 1 aromatic heterocycles. The molecule has 0 aromatic carbocycles. The number of aryl methyl sites for hydroxylation is 1. The molecule has 0 saturated carbocycles. The van der Waals surface area contributed by atoms with E-state index in [1.165, 1.54) is 16.9 Å². The number of aliphatic imine (C=N–C) groups is 1. The summed E-state index contributed by atoms with van der Waals surface area (Å²) in [5.41, 5.74) is 0. The number of rotatable bonds is 10. The van der Waals surface area contributed by atoms with Gasteiger partial charge in [-0.1, -0.05) is 13.3 Å². The Balaban J connectivity index is 2.28. The minimum Gasteiger partial charge on any atom is -0.469 e. The molecule has 1 heterocycles. The number of carbonyl (C=O) groups excluding carboxylic acids is 1. The van der Waals surface area contributed by atoms with Gasteiger partial charge in [0.25, 0.3) is 0 Å². The Morgan fingerprint density at radius 1 is 1.17 bits per heavy atom. The van der Waals surface area contributed by atoms with Crippen molar-refractivity contribution < 1.29 is 9.53 Å². The lowest BCUT2D eigenvalue weighted by Crippen LogP contribution is -2.37.